The van der Waals surface area contributed by atoms with Gasteiger partial charge in [0.1, 0.15) is 0 Å². The summed E-state index contributed by atoms with van der Waals surface area (Å²) in [4.78, 5) is 13.4. The lowest BCUT2D eigenvalue weighted by Crippen LogP contribution is -2.46. The number of hydrogen-bond donors (Lipinski definition) is 2. The molecule has 1 heterocycles. The number of carbonyl (C=O) groups is 1. The zero-order valence-corrected chi connectivity index (χ0v) is 11.1. The normalized spacial score (nSPS) is 24.8. The fourth-order valence-electron chi connectivity index (χ4n) is 2.14. The first kappa shape index (κ1) is 14.0. The summed E-state index contributed by atoms with van der Waals surface area (Å²) in [5.41, 5.74) is 1.08. The van der Waals surface area contributed by atoms with Gasteiger partial charge < -0.3 is 15.2 Å². The molecule has 0 aliphatic carbocycles. The summed E-state index contributed by atoms with van der Waals surface area (Å²) in [5.74, 6) is -0.0765. The molecular weight excluding hydrogens is 244 g/mol. The molecule has 2 atom stereocenters. The largest absolute Gasteiger partial charge is 0.390 e. The molecule has 0 radical (unpaired) electrons. The monoisotopic (exact) mass is 264 g/mol. The summed E-state index contributed by atoms with van der Waals surface area (Å²) >= 11 is 0. The Morgan fingerprint density at radius 2 is 2.16 bits per heavy atom. The van der Waals surface area contributed by atoms with Crippen molar-refractivity contribution in [2.75, 3.05) is 26.7 Å². The van der Waals surface area contributed by atoms with Crippen LogP contribution in [-0.4, -0.2) is 54.8 Å². The van der Waals surface area contributed by atoms with Gasteiger partial charge in [-0.15, -0.1) is 0 Å². The zero-order chi connectivity index (χ0) is 13.7. The van der Waals surface area contributed by atoms with Crippen LogP contribution in [0.4, 0.5) is 0 Å². The van der Waals surface area contributed by atoms with Crippen molar-refractivity contribution in [3.05, 3.63) is 35.9 Å². The van der Waals surface area contributed by atoms with Gasteiger partial charge in [0.2, 0.25) is 5.91 Å². The standard InChI is InChI=1S/C14H20N2O3/c1-16-7-13(17)12(15-14(18)8-16)10-19-9-11-5-3-2-4-6-11/h2-6,12-13,17H,7-10H2,1H3,(H,15,18)/t12-,13-/m0/s1. The summed E-state index contributed by atoms with van der Waals surface area (Å²) in [7, 11) is 1.82. The van der Waals surface area contributed by atoms with E-state index >= 15 is 0 Å². The quantitative estimate of drug-likeness (QED) is 0.803. The number of aliphatic hydroxyl groups is 1. The fourth-order valence-corrected chi connectivity index (χ4v) is 2.14. The topological polar surface area (TPSA) is 61.8 Å². The summed E-state index contributed by atoms with van der Waals surface area (Å²) in [6.45, 7) is 1.58. The summed E-state index contributed by atoms with van der Waals surface area (Å²) in [5, 5.41) is 12.8. The van der Waals surface area contributed by atoms with E-state index in [4.69, 9.17) is 4.74 Å². The van der Waals surface area contributed by atoms with E-state index in [1.54, 1.807) is 4.90 Å². The number of amides is 1. The molecule has 104 valence electrons. The van der Waals surface area contributed by atoms with Gasteiger partial charge >= 0.3 is 0 Å². The van der Waals surface area contributed by atoms with Gasteiger partial charge in [0.25, 0.3) is 0 Å². The molecule has 1 aliphatic heterocycles. The van der Waals surface area contributed by atoms with Gasteiger partial charge in [-0.05, 0) is 12.6 Å². The average molecular weight is 264 g/mol. The smallest absolute Gasteiger partial charge is 0.234 e. The van der Waals surface area contributed by atoms with Crippen LogP contribution >= 0.6 is 0 Å². The Kier molecular flexibility index (Phi) is 4.90. The summed E-state index contributed by atoms with van der Waals surface area (Å²) in [6.07, 6.45) is -0.604. The van der Waals surface area contributed by atoms with E-state index in [1.807, 2.05) is 37.4 Å². The maximum absolute atomic E-state index is 11.6. The summed E-state index contributed by atoms with van der Waals surface area (Å²) in [6, 6.07) is 9.48. The van der Waals surface area contributed by atoms with Crippen molar-refractivity contribution in [2.24, 2.45) is 0 Å². The third-order valence-corrected chi connectivity index (χ3v) is 3.13. The van der Waals surface area contributed by atoms with Crippen molar-refractivity contribution < 1.29 is 14.6 Å². The second-order valence-electron chi connectivity index (χ2n) is 4.94. The lowest BCUT2D eigenvalue weighted by atomic mass is 10.1. The molecule has 19 heavy (non-hydrogen) atoms. The molecule has 2 rings (SSSR count). The van der Waals surface area contributed by atoms with Crippen molar-refractivity contribution in [3.8, 4) is 0 Å². The Morgan fingerprint density at radius 3 is 2.89 bits per heavy atom. The van der Waals surface area contributed by atoms with Gasteiger partial charge in [-0.3, -0.25) is 9.69 Å². The second-order valence-corrected chi connectivity index (χ2v) is 4.94. The SMILES string of the molecule is CN1CC(=O)N[C@@H](COCc2ccccc2)[C@@H](O)C1. The molecule has 0 bridgehead atoms. The zero-order valence-electron chi connectivity index (χ0n) is 11.1. The van der Waals surface area contributed by atoms with Crippen LogP contribution in [0.2, 0.25) is 0 Å². The van der Waals surface area contributed by atoms with Gasteiger partial charge in [0, 0.05) is 6.54 Å². The van der Waals surface area contributed by atoms with E-state index in [9.17, 15) is 9.90 Å². The molecule has 5 nitrogen and oxygen atoms in total. The van der Waals surface area contributed by atoms with Gasteiger partial charge in [-0.2, -0.15) is 0 Å². The van der Waals surface area contributed by atoms with Crippen LogP contribution in [0.3, 0.4) is 0 Å². The van der Waals surface area contributed by atoms with Gasteiger partial charge in [-0.1, -0.05) is 30.3 Å². The molecule has 1 aromatic rings. The predicted octanol–water partition coefficient (Wildman–Crippen LogP) is -0.00570. The van der Waals surface area contributed by atoms with Crippen LogP contribution < -0.4 is 5.32 Å². The lowest BCUT2D eigenvalue weighted by molar-refractivity contribution is -0.122. The highest BCUT2D eigenvalue weighted by atomic mass is 16.5. The van der Waals surface area contributed by atoms with Crippen molar-refractivity contribution in [1.29, 1.82) is 0 Å². The van der Waals surface area contributed by atoms with Crippen molar-refractivity contribution in [1.82, 2.24) is 10.2 Å². The van der Waals surface area contributed by atoms with E-state index < -0.39 is 6.10 Å². The minimum atomic E-state index is -0.604. The maximum Gasteiger partial charge on any atom is 0.234 e. The van der Waals surface area contributed by atoms with E-state index in [1.165, 1.54) is 0 Å². The predicted molar refractivity (Wildman–Crippen MR) is 71.5 cm³/mol. The van der Waals surface area contributed by atoms with Crippen LogP contribution in [0.5, 0.6) is 0 Å². The third-order valence-electron chi connectivity index (χ3n) is 3.13. The highest BCUT2D eigenvalue weighted by molar-refractivity contribution is 5.78. The van der Waals surface area contributed by atoms with Crippen LogP contribution in [0, 0.1) is 0 Å². The number of rotatable bonds is 4. The van der Waals surface area contributed by atoms with E-state index in [2.05, 4.69) is 5.32 Å². The first-order valence-corrected chi connectivity index (χ1v) is 6.43. The van der Waals surface area contributed by atoms with Crippen LogP contribution in [0.1, 0.15) is 5.56 Å². The Hall–Kier alpha value is -1.43. The minimum Gasteiger partial charge on any atom is -0.390 e. The Morgan fingerprint density at radius 1 is 1.42 bits per heavy atom. The molecule has 5 heteroatoms. The number of nitrogens with zero attached hydrogens (tertiary/aromatic N) is 1. The minimum absolute atomic E-state index is 0.0765. The summed E-state index contributed by atoms with van der Waals surface area (Å²) < 4.78 is 5.58. The van der Waals surface area contributed by atoms with Crippen LogP contribution in [0.15, 0.2) is 30.3 Å². The highest BCUT2D eigenvalue weighted by Crippen LogP contribution is 2.05. The molecule has 0 spiro atoms. The maximum atomic E-state index is 11.6. The van der Waals surface area contributed by atoms with Crippen molar-refractivity contribution in [3.63, 3.8) is 0 Å². The van der Waals surface area contributed by atoms with E-state index in [0.717, 1.165) is 5.56 Å². The number of β-amino-alcohol motifs (C(OH)–C–C–N with tert-alkyl or cyclic N) is 1. The number of carbonyl (C=O) groups excluding carboxylic acids is 1. The number of ether oxygens (including phenoxy) is 1. The molecule has 1 saturated heterocycles. The van der Waals surface area contributed by atoms with E-state index in [-0.39, 0.29) is 11.9 Å². The molecule has 2 N–H and O–H groups in total. The number of benzene rings is 1. The van der Waals surface area contributed by atoms with Crippen LogP contribution in [0.25, 0.3) is 0 Å². The van der Waals surface area contributed by atoms with Crippen molar-refractivity contribution in [2.45, 2.75) is 18.8 Å². The lowest BCUT2D eigenvalue weighted by Gasteiger charge is -2.22. The number of aliphatic hydroxyl groups excluding tert-OH is 1. The number of hydrogen-bond acceptors (Lipinski definition) is 4. The van der Waals surface area contributed by atoms with E-state index in [0.29, 0.717) is 26.3 Å². The molecule has 1 fully saturated rings. The molecule has 0 unspecified atom stereocenters. The van der Waals surface area contributed by atoms with Gasteiger partial charge in [0.05, 0.1) is 31.9 Å². The number of likely N-dealkylation sites (N-methyl/N-ethyl adjacent to an activating group) is 1. The Labute approximate surface area is 113 Å². The molecule has 0 aromatic heterocycles. The molecule has 1 amide bonds. The Balaban J connectivity index is 1.82. The molecule has 1 aliphatic rings. The highest BCUT2D eigenvalue weighted by Gasteiger charge is 2.27. The Bertz CT molecular complexity index is 410. The molecule has 1 aromatic carbocycles. The van der Waals surface area contributed by atoms with Gasteiger partial charge in [-0.25, -0.2) is 0 Å². The third kappa shape index (κ3) is 4.31. The average Bonchev–Trinajstić information content (AvgIpc) is 2.49. The van der Waals surface area contributed by atoms with Gasteiger partial charge in [0.15, 0.2) is 0 Å². The molecular formula is C14H20N2O3. The second kappa shape index (κ2) is 6.65. The molecule has 0 saturated carbocycles. The van der Waals surface area contributed by atoms with Crippen molar-refractivity contribution >= 4 is 5.91 Å². The number of nitrogens with one attached hydrogen (secondary N) is 1. The first-order valence-electron chi connectivity index (χ1n) is 6.43. The van der Waals surface area contributed by atoms with Crippen LogP contribution in [-0.2, 0) is 16.1 Å². The first-order chi connectivity index (χ1) is 9.15. The fraction of sp³-hybridized carbons (Fsp3) is 0.500.